The SMILES string of the molecule is CC(Nc1c(F)cc(F)cc1Br)C(=O)Nc1ccccc1. The number of amides is 1. The molecule has 1 atom stereocenters. The van der Waals surface area contributed by atoms with E-state index in [2.05, 4.69) is 26.6 Å². The molecule has 110 valence electrons. The molecule has 1 amide bonds. The molecule has 0 aliphatic heterocycles. The van der Waals surface area contributed by atoms with E-state index in [0.717, 1.165) is 12.1 Å². The lowest BCUT2D eigenvalue weighted by molar-refractivity contribution is -0.116. The summed E-state index contributed by atoms with van der Waals surface area (Å²) in [5.41, 5.74) is 0.696. The maximum atomic E-state index is 13.7. The van der Waals surface area contributed by atoms with E-state index in [1.807, 2.05) is 6.07 Å². The fourth-order valence-electron chi connectivity index (χ4n) is 1.73. The van der Waals surface area contributed by atoms with Gasteiger partial charge in [0.05, 0.1) is 5.69 Å². The second kappa shape index (κ2) is 6.67. The second-order valence-electron chi connectivity index (χ2n) is 4.47. The average Bonchev–Trinajstić information content (AvgIpc) is 2.43. The van der Waals surface area contributed by atoms with Gasteiger partial charge in [0.2, 0.25) is 5.91 Å². The Kier molecular flexibility index (Phi) is 4.90. The minimum absolute atomic E-state index is 0.0483. The minimum atomic E-state index is -0.763. The lowest BCUT2D eigenvalue weighted by atomic mass is 10.2. The Bertz CT molecular complexity index is 626. The van der Waals surface area contributed by atoms with Gasteiger partial charge >= 0.3 is 0 Å². The first-order valence-electron chi connectivity index (χ1n) is 6.24. The van der Waals surface area contributed by atoms with E-state index >= 15 is 0 Å². The summed E-state index contributed by atoms with van der Waals surface area (Å²) in [5.74, 6) is -1.77. The molecule has 21 heavy (non-hydrogen) atoms. The van der Waals surface area contributed by atoms with Crippen LogP contribution in [0.3, 0.4) is 0 Å². The van der Waals surface area contributed by atoms with Crippen LogP contribution in [0.2, 0.25) is 0 Å². The Morgan fingerprint density at radius 3 is 2.48 bits per heavy atom. The second-order valence-corrected chi connectivity index (χ2v) is 5.32. The van der Waals surface area contributed by atoms with Crippen LogP contribution in [-0.2, 0) is 4.79 Å². The van der Waals surface area contributed by atoms with E-state index < -0.39 is 17.7 Å². The third-order valence-corrected chi connectivity index (χ3v) is 3.43. The van der Waals surface area contributed by atoms with Crippen molar-refractivity contribution in [1.29, 1.82) is 0 Å². The summed E-state index contributed by atoms with van der Waals surface area (Å²) in [6, 6.07) is 10.1. The minimum Gasteiger partial charge on any atom is -0.371 e. The summed E-state index contributed by atoms with van der Waals surface area (Å²) in [5, 5.41) is 5.42. The molecule has 0 radical (unpaired) electrons. The van der Waals surface area contributed by atoms with Gasteiger partial charge in [-0.05, 0) is 41.1 Å². The summed E-state index contributed by atoms with van der Waals surface area (Å²) >= 11 is 3.07. The number of nitrogens with one attached hydrogen (secondary N) is 2. The molecule has 1 unspecified atom stereocenters. The van der Waals surface area contributed by atoms with Crippen LogP contribution < -0.4 is 10.6 Å². The van der Waals surface area contributed by atoms with Crippen molar-refractivity contribution in [2.45, 2.75) is 13.0 Å². The number of carbonyl (C=O) groups is 1. The van der Waals surface area contributed by atoms with Crippen LogP contribution in [0.15, 0.2) is 46.9 Å². The van der Waals surface area contributed by atoms with Gasteiger partial charge in [-0.1, -0.05) is 18.2 Å². The number of anilines is 2. The van der Waals surface area contributed by atoms with Gasteiger partial charge in [-0.3, -0.25) is 4.79 Å². The van der Waals surface area contributed by atoms with Crippen molar-refractivity contribution in [2.75, 3.05) is 10.6 Å². The molecular formula is C15H13BrF2N2O. The zero-order valence-electron chi connectivity index (χ0n) is 11.2. The average molecular weight is 355 g/mol. The van der Waals surface area contributed by atoms with Crippen molar-refractivity contribution in [3.8, 4) is 0 Å². The van der Waals surface area contributed by atoms with Crippen LogP contribution in [0.5, 0.6) is 0 Å². The lowest BCUT2D eigenvalue weighted by Crippen LogP contribution is -2.32. The van der Waals surface area contributed by atoms with Crippen LogP contribution in [-0.4, -0.2) is 11.9 Å². The largest absolute Gasteiger partial charge is 0.371 e. The fourth-order valence-corrected chi connectivity index (χ4v) is 2.26. The van der Waals surface area contributed by atoms with E-state index in [1.165, 1.54) is 0 Å². The molecule has 0 aliphatic carbocycles. The van der Waals surface area contributed by atoms with Gasteiger partial charge in [-0.15, -0.1) is 0 Å². The molecule has 2 rings (SSSR count). The summed E-state index contributed by atoms with van der Waals surface area (Å²) in [4.78, 5) is 12.0. The topological polar surface area (TPSA) is 41.1 Å². The first kappa shape index (κ1) is 15.4. The molecule has 0 saturated carbocycles. The molecule has 0 saturated heterocycles. The standard InChI is InChI=1S/C15H13BrF2N2O/c1-9(15(21)20-11-5-3-2-4-6-11)19-14-12(16)7-10(17)8-13(14)18/h2-9,19H,1H3,(H,20,21). The molecule has 2 N–H and O–H groups in total. The van der Waals surface area contributed by atoms with Crippen molar-refractivity contribution in [3.63, 3.8) is 0 Å². The lowest BCUT2D eigenvalue weighted by Gasteiger charge is -2.17. The number of carbonyl (C=O) groups excluding carboxylic acids is 1. The van der Waals surface area contributed by atoms with Crippen molar-refractivity contribution >= 4 is 33.2 Å². The summed E-state index contributed by atoms with van der Waals surface area (Å²) in [6.45, 7) is 1.59. The molecule has 0 bridgehead atoms. The van der Waals surface area contributed by atoms with Crippen LogP contribution in [0.25, 0.3) is 0 Å². The first-order chi connectivity index (χ1) is 9.97. The molecular weight excluding hydrogens is 342 g/mol. The molecule has 0 fully saturated rings. The highest BCUT2D eigenvalue weighted by Gasteiger charge is 2.17. The summed E-state index contributed by atoms with van der Waals surface area (Å²) in [7, 11) is 0. The molecule has 6 heteroatoms. The van der Waals surface area contributed by atoms with Gasteiger partial charge in [0.25, 0.3) is 0 Å². The predicted octanol–water partition coefficient (Wildman–Crippen LogP) is 4.17. The quantitative estimate of drug-likeness (QED) is 0.865. The zero-order chi connectivity index (χ0) is 15.4. The first-order valence-corrected chi connectivity index (χ1v) is 7.03. The third-order valence-electron chi connectivity index (χ3n) is 2.80. The number of para-hydroxylation sites is 1. The Balaban J connectivity index is 2.08. The Morgan fingerprint density at radius 2 is 1.86 bits per heavy atom. The van der Waals surface area contributed by atoms with E-state index in [0.29, 0.717) is 5.69 Å². The van der Waals surface area contributed by atoms with Gasteiger partial charge in [0, 0.05) is 16.2 Å². The molecule has 2 aromatic rings. The Labute approximate surface area is 129 Å². The van der Waals surface area contributed by atoms with Gasteiger partial charge in [-0.2, -0.15) is 0 Å². The van der Waals surface area contributed by atoms with E-state index in [-0.39, 0.29) is 16.1 Å². The number of hydrogen-bond donors (Lipinski definition) is 2. The summed E-state index contributed by atoms with van der Waals surface area (Å²) in [6.07, 6.45) is 0. The van der Waals surface area contributed by atoms with Gasteiger partial charge in [0.15, 0.2) is 0 Å². The van der Waals surface area contributed by atoms with Gasteiger partial charge < -0.3 is 10.6 Å². The summed E-state index contributed by atoms with van der Waals surface area (Å²) < 4.78 is 26.9. The highest BCUT2D eigenvalue weighted by atomic mass is 79.9. The molecule has 0 aliphatic rings. The van der Waals surface area contributed by atoms with Crippen LogP contribution >= 0.6 is 15.9 Å². The van der Waals surface area contributed by atoms with Gasteiger partial charge in [-0.25, -0.2) is 8.78 Å². The van der Waals surface area contributed by atoms with E-state index in [4.69, 9.17) is 0 Å². The maximum Gasteiger partial charge on any atom is 0.246 e. The smallest absolute Gasteiger partial charge is 0.246 e. The predicted molar refractivity (Wildman–Crippen MR) is 82.2 cm³/mol. The van der Waals surface area contributed by atoms with Crippen molar-refractivity contribution < 1.29 is 13.6 Å². The normalized spacial score (nSPS) is 11.8. The molecule has 0 aromatic heterocycles. The van der Waals surface area contributed by atoms with Crippen LogP contribution in [0.1, 0.15) is 6.92 Å². The molecule has 0 spiro atoms. The van der Waals surface area contributed by atoms with Crippen LogP contribution in [0.4, 0.5) is 20.2 Å². The Morgan fingerprint density at radius 1 is 1.19 bits per heavy atom. The van der Waals surface area contributed by atoms with Crippen molar-refractivity contribution in [3.05, 3.63) is 58.6 Å². The molecule has 2 aromatic carbocycles. The Hall–Kier alpha value is -1.95. The number of rotatable bonds is 4. The number of hydrogen-bond acceptors (Lipinski definition) is 2. The van der Waals surface area contributed by atoms with E-state index in [9.17, 15) is 13.6 Å². The highest BCUT2D eigenvalue weighted by molar-refractivity contribution is 9.10. The zero-order valence-corrected chi connectivity index (χ0v) is 12.7. The van der Waals surface area contributed by atoms with Crippen LogP contribution in [0, 0.1) is 11.6 Å². The van der Waals surface area contributed by atoms with Crippen molar-refractivity contribution in [1.82, 2.24) is 0 Å². The highest BCUT2D eigenvalue weighted by Crippen LogP contribution is 2.27. The molecule has 0 heterocycles. The fraction of sp³-hybridized carbons (Fsp3) is 0.133. The van der Waals surface area contributed by atoms with Gasteiger partial charge in [0.1, 0.15) is 17.7 Å². The van der Waals surface area contributed by atoms with E-state index in [1.54, 1.807) is 31.2 Å². The van der Waals surface area contributed by atoms with Crippen molar-refractivity contribution in [2.24, 2.45) is 0 Å². The molecule has 3 nitrogen and oxygen atoms in total. The third kappa shape index (κ3) is 4.01. The maximum absolute atomic E-state index is 13.7. The number of halogens is 3. The number of benzene rings is 2. The monoisotopic (exact) mass is 354 g/mol.